The highest BCUT2D eigenvalue weighted by Crippen LogP contribution is 1.72. The number of carbonyl (C=O) groups is 1. The van der Waals surface area contributed by atoms with Crippen LogP contribution in [0.1, 0.15) is 6.92 Å². The Kier molecular flexibility index (Phi) is 14.0. The maximum absolute atomic E-state index is 10.2. The molecule has 0 aromatic rings. The number of hydrazone groups is 1. The van der Waals surface area contributed by atoms with Gasteiger partial charge in [-0.05, 0) is 14.0 Å². The van der Waals surface area contributed by atoms with Crippen molar-refractivity contribution in [2.75, 3.05) is 20.4 Å². The van der Waals surface area contributed by atoms with E-state index in [-0.39, 0.29) is 6.73 Å². The summed E-state index contributed by atoms with van der Waals surface area (Å²) in [4.78, 5) is 10.2. The molecule has 0 radical (unpaired) electrons. The van der Waals surface area contributed by atoms with Crippen molar-refractivity contribution in [3.8, 4) is 0 Å². The van der Waals surface area contributed by atoms with Crippen molar-refractivity contribution in [2.45, 2.75) is 6.92 Å². The van der Waals surface area contributed by atoms with E-state index in [0.717, 1.165) is 0 Å². The van der Waals surface area contributed by atoms with Gasteiger partial charge in [0.1, 0.15) is 0 Å². The Hall–Kier alpha value is -1.14. The van der Waals surface area contributed by atoms with Crippen LogP contribution in [-0.2, 0) is 4.74 Å². The first-order chi connectivity index (χ1) is 5.72. The van der Waals surface area contributed by atoms with Gasteiger partial charge in [0.2, 0.25) is 0 Å². The van der Waals surface area contributed by atoms with Gasteiger partial charge in [0.05, 0.1) is 13.3 Å². The molecule has 0 bridgehead atoms. The van der Waals surface area contributed by atoms with Gasteiger partial charge >= 0.3 is 6.09 Å². The Morgan fingerprint density at radius 3 is 2.50 bits per heavy atom. The molecule has 0 atom stereocenters. The first-order valence-electron chi connectivity index (χ1n) is 3.36. The molecular formula is C6H15N3O3. The molecule has 6 nitrogen and oxygen atoms in total. The van der Waals surface area contributed by atoms with E-state index < -0.39 is 6.09 Å². The molecule has 3 N–H and O–H groups in total. The van der Waals surface area contributed by atoms with Crippen molar-refractivity contribution in [2.24, 2.45) is 5.10 Å². The number of hydrogen-bond acceptors (Lipinski definition) is 5. The number of nitrogens with zero attached hydrogens (tertiary/aromatic N) is 1. The summed E-state index contributed by atoms with van der Waals surface area (Å²) in [5.41, 5.74) is 2.00. The van der Waals surface area contributed by atoms with Gasteiger partial charge in [-0.2, -0.15) is 5.10 Å². The van der Waals surface area contributed by atoms with Crippen LogP contribution in [0.3, 0.4) is 0 Å². The van der Waals surface area contributed by atoms with Crippen molar-refractivity contribution in [1.82, 2.24) is 10.7 Å². The zero-order valence-corrected chi connectivity index (χ0v) is 7.33. The molecular weight excluding hydrogens is 162 g/mol. The lowest BCUT2D eigenvalue weighted by Gasteiger charge is -1.96. The number of amides is 1. The van der Waals surface area contributed by atoms with Crippen LogP contribution in [0.15, 0.2) is 5.10 Å². The topological polar surface area (TPSA) is 83.0 Å². The fourth-order valence-electron chi connectivity index (χ4n) is 0.228. The zero-order valence-electron chi connectivity index (χ0n) is 7.33. The van der Waals surface area contributed by atoms with Gasteiger partial charge in [0.15, 0.2) is 0 Å². The first-order valence-corrected chi connectivity index (χ1v) is 3.36. The molecule has 0 aliphatic heterocycles. The Bertz CT molecular complexity index is 117. The van der Waals surface area contributed by atoms with Crippen LogP contribution >= 0.6 is 0 Å². The average molecular weight is 177 g/mol. The molecule has 0 aromatic carbocycles. The lowest BCUT2D eigenvalue weighted by molar-refractivity contribution is 0.153. The van der Waals surface area contributed by atoms with E-state index in [2.05, 4.69) is 21.9 Å². The maximum Gasteiger partial charge on any atom is 0.427 e. The lowest BCUT2D eigenvalue weighted by Crippen LogP contribution is -2.17. The summed E-state index contributed by atoms with van der Waals surface area (Å²) in [5.74, 6) is 0. The summed E-state index contributed by atoms with van der Waals surface area (Å²) in [6.45, 7) is 5.15. The molecule has 72 valence electrons. The minimum Gasteiger partial charge on any atom is -0.449 e. The quantitative estimate of drug-likeness (QED) is 0.308. The smallest absolute Gasteiger partial charge is 0.427 e. The molecule has 0 fully saturated rings. The van der Waals surface area contributed by atoms with Crippen LogP contribution in [0.25, 0.3) is 0 Å². The van der Waals surface area contributed by atoms with Gasteiger partial charge in [-0.25, -0.2) is 10.2 Å². The fraction of sp³-hybridized carbons (Fsp3) is 0.667. The number of rotatable bonds is 3. The molecule has 1 amide bonds. The number of nitrogens with one attached hydrogen (secondary N) is 2. The highest BCUT2D eigenvalue weighted by atomic mass is 16.5. The Labute approximate surface area is 71.6 Å². The molecule has 0 spiro atoms. The van der Waals surface area contributed by atoms with E-state index in [9.17, 15) is 4.79 Å². The molecule has 0 aliphatic carbocycles. The lowest BCUT2D eigenvalue weighted by atomic mass is 10.9. The van der Waals surface area contributed by atoms with Gasteiger partial charge in [0.25, 0.3) is 0 Å². The van der Waals surface area contributed by atoms with Crippen molar-refractivity contribution in [1.29, 1.82) is 0 Å². The van der Waals surface area contributed by atoms with Crippen molar-refractivity contribution in [3.05, 3.63) is 0 Å². The summed E-state index contributed by atoms with van der Waals surface area (Å²) < 4.78 is 4.40. The Morgan fingerprint density at radius 2 is 2.25 bits per heavy atom. The van der Waals surface area contributed by atoms with Crippen LogP contribution in [-0.4, -0.2) is 38.3 Å². The third kappa shape index (κ3) is 15.9. The molecule has 0 unspecified atom stereocenters. The normalized spacial score (nSPS) is 7.58. The molecule has 0 heterocycles. The molecule has 0 aliphatic rings. The first kappa shape index (κ1) is 13.4. The predicted molar refractivity (Wildman–Crippen MR) is 45.9 cm³/mol. The largest absolute Gasteiger partial charge is 0.449 e. The minimum absolute atomic E-state index is 0.0694. The van der Waals surface area contributed by atoms with E-state index in [1.807, 2.05) is 5.43 Å². The summed E-state index contributed by atoms with van der Waals surface area (Å²) in [6.07, 6.45) is -0.567. The Morgan fingerprint density at radius 1 is 1.75 bits per heavy atom. The molecule has 0 saturated carbocycles. The Balaban J connectivity index is 0. The van der Waals surface area contributed by atoms with Crippen LogP contribution in [0.2, 0.25) is 0 Å². The third-order valence-corrected chi connectivity index (χ3v) is 0.604. The van der Waals surface area contributed by atoms with Crippen LogP contribution < -0.4 is 10.7 Å². The summed E-state index contributed by atoms with van der Waals surface area (Å²) in [6, 6.07) is 0. The van der Waals surface area contributed by atoms with Crippen LogP contribution in [0.4, 0.5) is 4.79 Å². The molecule has 12 heavy (non-hydrogen) atoms. The molecule has 6 heteroatoms. The van der Waals surface area contributed by atoms with Crippen LogP contribution in [0.5, 0.6) is 0 Å². The van der Waals surface area contributed by atoms with Crippen molar-refractivity contribution in [3.63, 3.8) is 0 Å². The monoisotopic (exact) mass is 177 g/mol. The number of ether oxygens (including phenoxy) is 1. The van der Waals surface area contributed by atoms with Crippen molar-refractivity contribution < 1.29 is 14.6 Å². The second kappa shape index (κ2) is 12.5. The highest BCUT2D eigenvalue weighted by Gasteiger charge is 1.92. The van der Waals surface area contributed by atoms with Crippen LogP contribution in [0, 0.1) is 0 Å². The number of aliphatic hydroxyl groups is 1. The van der Waals surface area contributed by atoms with E-state index in [1.54, 1.807) is 14.0 Å². The van der Waals surface area contributed by atoms with Gasteiger partial charge < -0.3 is 9.84 Å². The van der Waals surface area contributed by atoms with E-state index >= 15 is 0 Å². The fourth-order valence-corrected chi connectivity index (χ4v) is 0.228. The van der Waals surface area contributed by atoms with Gasteiger partial charge in [-0.3, -0.25) is 5.32 Å². The maximum atomic E-state index is 10.2. The second-order valence-corrected chi connectivity index (χ2v) is 1.50. The summed E-state index contributed by atoms with van der Waals surface area (Å²) >= 11 is 0. The standard InChI is InChI=1S/C4H8N2O2.C2H7NO/c1-3-8-4(7)6-5-2;1-3-2-4/h2-3H2,1H3,(H,6,7);3-4H,2H2,1H3. The SMILES string of the molecule is C=NNC(=O)OCC.CNCO. The van der Waals surface area contributed by atoms with E-state index in [4.69, 9.17) is 5.11 Å². The number of aliphatic hydroxyl groups excluding tert-OH is 1. The van der Waals surface area contributed by atoms with Crippen molar-refractivity contribution >= 4 is 12.8 Å². The third-order valence-electron chi connectivity index (χ3n) is 0.604. The summed E-state index contributed by atoms with van der Waals surface area (Å²) in [5, 5.41) is 13.3. The molecule has 0 saturated heterocycles. The van der Waals surface area contributed by atoms with Gasteiger partial charge in [0, 0.05) is 6.72 Å². The zero-order chi connectivity index (χ0) is 9.82. The number of carbonyl (C=O) groups excluding carboxylic acids is 1. The van der Waals surface area contributed by atoms with E-state index in [0.29, 0.717) is 6.61 Å². The van der Waals surface area contributed by atoms with Gasteiger partial charge in [-0.15, -0.1) is 0 Å². The van der Waals surface area contributed by atoms with E-state index in [1.165, 1.54) is 0 Å². The predicted octanol–water partition coefficient (Wildman–Crippen LogP) is -0.496. The number of hydrogen-bond donors (Lipinski definition) is 3. The second-order valence-electron chi connectivity index (χ2n) is 1.50. The molecule has 0 rings (SSSR count). The molecule has 0 aromatic heterocycles. The average Bonchev–Trinajstić information content (AvgIpc) is 2.06. The van der Waals surface area contributed by atoms with Gasteiger partial charge in [-0.1, -0.05) is 0 Å². The highest BCUT2D eigenvalue weighted by molar-refractivity contribution is 5.67. The minimum atomic E-state index is -0.567. The summed E-state index contributed by atoms with van der Waals surface area (Å²) in [7, 11) is 1.68.